The van der Waals surface area contributed by atoms with Gasteiger partial charge in [-0.2, -0.15) is 0 Å². The summed E-state index contributed by atoms with van der Waals surface area (Å²) in [4.78, 5) is 10.9. The number of primary sulfonamides is 1. The highest BCUT2D eigenvalue weighted by Crippen LogP contribution is 2.15. The third-order valence-electron chi connectivity index (χ3n) is 2.24. The van der Waals surface area contributed by atoms with Crippen molar-refractivity contribution in [3.8, 4) is 0 Å². The van der Waals surface area contributed by atoms with Crippen LogP contribution < -0.4 is 5.14 Å². The van der Waals surface area contributed by atoms with Gasteiger partial charge in [0, 0.05) is 0 Å². The zero-order chi connectivity index (χ0) is 15.3. The average Bonchev–Trinajstić information content (AvgIpc) is 2.33. The fourth-order valence-corrected chi connectivity index (χ4v) is 1.98. The number of carbonyl (C=O) groups excluding carboxylic acids is 1. The van der Waals surface area contributed by atoms with E-state index in [0.717, 1.165) is 18.2 Å². The number of rotatable bonds is 6. The molecule has 0 aliphatic carbocycles. The molecule has 0 amide bonds. The first-order valence-corrected chi connectivity index (χ1v) is 7.37. The molecule has 20 heavy (non-hydrogen) atoms. The minimum Gasteiger partial charge on any atom is -0.460 e. The minimum atomic E-state index is -4.23. The van der Waals surface area contributed by atoms with Crippen LogP contribution in [0, 0.1) is 5.82 Å². The first-order valence-electron chi connectivity index (χ1n) is 5.83. The van der Waals surface area contributed by atoms with Crippen LogP contribution in [0.2, 0.25) is 0 Å². The molecule has 1 aromatic carbocycles. The lowest BCUT2D eigenvalue weighted by atomic mass is 10.2. The highest BCUT2D eigenvalue weighted by atomic mass is 32.2. The molecule has 0 spiro atoms. The summed E-state index contributed by atoms with van der Waals surface area (Å²) in [6.45, 7) is 3.89. The predicted octanol–water partition coefficient (Wildman–Crippen LogP) is 1.05. The molecule has 0 fully saturated rings. The smallest absolute Gasteiger partial charge is 0.338 e. The van der Waals surface area contributed by atoms with Gasteiger partial charge in [-0.3, -0.25) is 0 Å². The molecule has 1 aromatic rings. The topological polar surface area (TPSA) is 95.7 Å². The monoisotopic (exact) mass is 305 g/mol. The Hall–Kier alpha value is -1.51. The molecule has 0 aliphatic heterocycles. The number of hydrogen-bond donors (Lipinski definition) is 1. The molecule has 1 rings (SSSR count). The van der Waals surface area contributed by atoms with Gasteiger partial charge in [0.1, 0.15) is 17.3 Å². The number of esters is 1. The van der Waals surface area contributed by atoms with E-state index in [2.05, 4.69) is 0 Å². The van der Waals surface area contributed by atoms with Crippen molar-refractivity contribution in [3.63, 3.8) is 0 Å². The van der Waals surface area contributed by atoms with Gasteiger partial charge in [0.15, 0.2) is 0 Å². The van der Waals surface area contributed by atoms with E-state index in [4.69, 9.17) is 14.6 Å². The fourth-order valence-electron chi connectivity index (χ4n) is 1.35. The molecule has 0 unspecified atom stereocenters. The Morgan fingerprint density at radius 1 is 1.35 bits per heavy atom. The van der Waals surface area contributed by atoms with Crippen LogP contribution in [0.3, 0.4) is 0 Å². The van der Waals surface area contributed by atoms with Gasteiger partial charge >= 0.3 is 5.97 Å². The zero-order valence-electron chi connectivity index (χ0n) is 11.1. The molecule has 0 aliphatic rings. The summed E-state index contributed by atoms with van der Waals surface area (Å²) < 4.78 is 45.6. The molecule has 0 saturated heterocycles. The molecule has 112 valence electrons. The standard InChI is InChI=1S/C12H16FNO5S/c1-8(2)18-5-6-19-12(15)9-3-4-10(13)11(7-9)20(14,16)17/h3-4,7-8H,5-6H2,1-2H3,(H2,14,16,17). The third kappa shape index (κ3) is 4.87. The maximum atomic E-state index is 13.3. The maximum Gasteiger partial charge on any atom is 0.338 e. The maximum absolute atomic E-state index is 13.3. The Bertz CT molecular complexity index is 586. The highest BCUT2D eigenvalue weighted by molar-refractivity contribution is 7.89. The van der Waals surface area contributed by atoms with Gasteiger partial charge in [-0.1, -0.05) is 0 Å². The normalized spacial score (nSPS) is 11.7. The highest BCUT2D eigenvalue weighted by Gasteiger charge is 2.18. The first kappa shape index (κ1) is 16.5. The largest absolute Gasteiger partial charge is 0.460 e. The zero-order valence-corrected chi connectivity index (χ0v) is 11.9. The third-order valence-corrected chi connectivity index (χ3v) is 3.17. The molecule has 0 heterocycles. The van der Waals surface area contributed by atoms with Crippen molar-refractivity contribution in [3.05, 3.63) is 29.6 Å². The summed E-state index contributed by atoms with van der Waals surface area (Å²) in [6, 6.07) is 2.81. The van der Waals surface area contributed by atoms with E-state index in [1.165, 1.54) is 0 Å². The second-order valence-corrected chi connectivity index (χ2v) is 5.78. The van der Waals surface area contributed by atoms with Crippen LogP contribution in [0.25, 0.3) is 0 Å². The van der Waals surface area contributed by atoms with Gasteiger partial charge in [0.2, 0.25) is 10.0 Å². The minimum absolute atomic E-state index is 0.00788. The lowest BCUT2D eigenvalue weighted by molar-refractivity contribution is 0.0176. The molecule has 0 saturated carbocycles. The Balaban J connectivity index is 2.75. The quantitative estimate of drug-likeness (QED) is 0.626. The summed E-state index contributed by atoms with van der Waals surface area (Å²) in [5.74, 6) is -1.80. The molecule has 2 N–H and O–H groups in total. The molecule has 0 bridgehead atoms. The Labute approximate surface area is 116 Å². The van der Waals surface area contributed by atoms with Crippen molar-refractivity contribution in [2.24, 2.45) is 5.14 Å². The van der Waals surface area contributed by atoms with Gasteiger partial charge < -0.3 is 9.47 Å². The second kappa shape index (κ2) is 6.78. The van der Waals surface area contributed by atoms with Crippen LogP contribution in [-0.4, -0.2) is 33.7 Å². The van der Waals surface area contributed by atoms with E-state index < -0.39 is 26.7 Å². The van der Waals surface area contributed by atoms with Gasteiger partial charge in [0.05, 0.1) is 18.3 Å². The van der Waals surface area contributed by atoms with E-state index in [0.29, 0.717) is 0 Å². The Morgan fingerprint density at radius 2 is 2.00 bits per heavy atom. The number of carbonyl (C=O) groups is 1. The van der Waals surface area contributed by atoms with Crippen molar-refractivity contribution in [2.75, 3.05) is 13.2 Å². The lowest BCUT2D eigenvalue weighted by Crippen LogP contribution is -2.17. The van der Waals surface area contributed by atoms with Gasteiger partial charge in [-0.15, -0.1) is 0 Å². The van der Waals surface area contributed by atoms with E-state index in [1.807, 2.05) is 13.8 Å². The van der Waals surface area contributed by atoms with Crippen LogP contribution in [0.1, 0.15) is 24.2 Å². The van der Waals surface area contributed by atoms with E-state index in [1.54, 1.807) is 0 Å². The molecule has 6 nitrogen and oxygen atoms in total. The summed E-state index contributed by atoms with van der Waals surface area (Å²) in [6.07, 6.45) is 0.00788. The van der Waals surface area contributed by atoms with E-state index in [-0.39, 0.29) is 24.9 Å². The number of nitrogens with two attached hydrogens (primary N) is 1. The first-order chi connectivity index (χ1) is 9.21. The van der Waals surface area contributed by atoms with Crippen molar-refractivity contribution in [1.29, 1.82) is 0 Å². The van der Waals surface area contributed by atoms with Crippen molar-refractivity contribution in [1.82, 2.24) is 0 Å². The number of sulfonamides is 1. The van der Waals surface area contributed by atoms with Gasteiger partial charge in [0.25, 0.3) is 0 Å². The number of hydrogen-bond acceptors (Lipinski definition) is 5. The second-order valence-electron chi connectivity index (χ2n) is 4.25. The Kier molecular flexibility index (Phi) is 5.61. The van der Waals surface area contributed by atoms with Crippen LogP contribution in [0.5, 0.6) is 0 Å². The number of halogens is 1. The Morgan fingerprint density at radius 3 is 2.55 bits per heavy atom. The molecule has 8 heteroatoms. The van der Waals surface area contributed by atoms with Crippen molar-refractivity contribution >= 4 is 16.0 Å². The summed E-state index contributed by atoms with van der Waals surface area (Å²) in [5, 5.41) is 4.84. The summed E-state index contributed by atoms with van der Waals surface area (Å²) in [5.41, 5.74) is -0.0972. The number of ether oxygens (including phenoxy) is 2. The lowest BCUT2D eigenvalue weighted by Gasteiger charge is -2.09. The predicted molar refractivity (Wildman–Crippen MR) is 69.1 cm³/mol. The number of benzene rings is 1. The summed E-state index contributed by atoms with van der Waals surface area (Å²) >= 11 is 0. The SMILES string of the molecule is CC(C)OCCOC(=O)c1ccc(F)c(S(N)(=O)=O)c1. The van der Waals surface area contributed by atoms with Gasteiger partial charge in [-0.25, -0.2) is 22.7 Å². The van der Waals surface area contributed by atoms with Gasteiger partial charge in [-0.05, 0) is 32.0 Å². The molecule has 0 radical (unpaired) electrons. The molecule has 0 aromatic heterocycles. The van der Waals surface area contributed by atoms with E-state index >= 15 is 0 Å². The van der Waals surface area contributed by atoms with E-state index in [9.17, 15) is 17.6 Å². The average molecular weight is 305 g/mol. The van der Waals surface area contributed by atoms with Crippen molar-refractivity contribution in [2.45, 2.75) is 24.8 Å². The fraction of sp³-hybridized carbons (Fsp3) is 0.417. The summed E-state index contributed by atoms with van der Waals surface area (Å²) in [7, 11) is -4.23. The molecule has 0 atom stereocenters. The van der Waals surface area contributed by atoms with Crippen LogP contribution in [0.4, 0.5) is 4.39 Å². The molecular formula is C12H16FNO5S. The molecular weight excluding hydrogens is 289 g/mol. The van der Waals surface area contributed by atoms with Crippen LogP contribution in [0.15, 0.2) is 23.1 Å². The van der Waals surface area contributed by atoms with Crippen molar-refractivity contribution < 1.29 is 27.1 Å². The van der Waals surface area contributed by atoms with Crippen LogP contribution in [-0.2, 0) is 19.5 Å². The van der Waals surface area contributed by atoms with Crippen LogP contribution >= 0.6 is 0 Å².